The van der Waals surface area contributed by atoms with Crippen LogP contribution in [0.25, 0.3) is 0 Å². The second-order valence-corrected chi connectivity index (χ2v) is 15.1. The molecule has 1 fully saturated rings. The Hall–Kier alpha value is -3.18. The number of nitrogens with zero attached hydrogens (tertiary/aromatic N) is 3. The Balaban J connectivity index is 3.96. The van der Waals surface area contributed by atoms with Crippen LogP contribution in [0.15, 0.2) is 0 Å². The van der Waals surface area contributed by atoms with E-state index in [4.69, 9.17) is 14.2 Å². The predicted octanol–water partition coefficient (Wildman–Crippen LogP) is 3.93. The van der Waals surface area contributed by atoms with Crippen molar-refractivity contribution in [3.8, 4) is 0 Å². The number of carbonyl (C=O) groups is 6. The summed E-state index contributed by atoms with van der Waals surface area (Å²) in [6, 6.07) is -3.29. The molecule has 12 nitrogen and oxygen atoms in total. The van der Waals surface area contributed by atoms with Gasteiger partial charge in [-0.3, -0.25) is 14.4 Å². The lowest BCUT2D eigenvalue weighted by molar-refractivity contribution is -0.180. The smallest absolute Gasteiger partial charge is 0.329 e. The lowest BCUT2D eigenvalue weighted by Gasteiger charge is -2.37. The van der Waals surface area contributed by atoms with Crippen molar-refractivity contribution in [3.63, 3.8) is 0 Å². The summed E-state index contributed by atoms with van der Waals surface area (Å²) < 4.78 is 17.6. The van der Waals surface area contributed by atoms with Gasteiger partial charge in [-0.1, -0.05) is 83.1 Å². The molecule has 0 aromatic carbocycles. The number of likely N-dealkylation sites (N-methyl/N-ethyl adjacent to an activating group) is 3. The van der Waals surface area contributed by atoms with Crippen LogP contribution in [0.4, 0.5) is 0 Å². The Kier molecular flexibility index (Phi) is 15.9. The summed E-state index contributed by atoms with van der Waals surface area (Å²) in [5.74, 6) is -6.13. The summed E-state index contributed by atoms with van der Waals surface area (Å²) in [6.07, 6.45) is -3.38. The molecule has 1 rings (SSSR count). The molecular weight excluding hydrogens is 606 g/mol. The van der Waals surface area contributed by atoms with Crippen molar-refractivity contribution in [1.82, 2.24) is 14.7 Å². The molecule has 1 aliphatic rings. The molecule has 0 spiro atoms. The van der Waals surface area contributed by atoms with Crippen LogP contribution >= 0.6 is 0 Å². The van der Waals surface area contributed by atoms with E-state index in [-0.39, 0.29) is 24.7 Å². The van der Waals surface area contributed by atoms with Crippen molar-refractivity contribution in [2.75, 3.05) is 21.1 Å². The zero-order valence-corrected chi connectivity index (χ0v) is 31.4. The Morgan fingerprint density at radius 1 is 0.447 bits per heavy atom. The maximum Gasteiger partial charge on any atom is 0.329 e. The molecule has 12 heteroatoms. The molecule has 0 aliphatic carbocycles. The maximum absolute atomic E-state index is 14.0. The van der Waals surface area contributed by atoms with E-state index in [1.807, 2.05) is 27.7 Å². The number of ether oxygens (including phenoxy) is 3. The Bertz CT molecular complexity index is 1100. The highest BCUT2D eigenvalue weighted by molar-refractivity contribution is 5.94. The molecule has 0 bridgehead atoms. The van der Waals surface area contributed by atoms with Gasteiger partial charge in [0.25, 0.3) is 17.7 Å². The molecule has 47 heavy (non-hydrogen) atoms. The first-order chi connectivity index (χ1) is 21.5. The molecular formula is C35H61N3O9. The standard InChI is InChI=1S/C35H61N3O9/c1-18(2)16-24-33(42)45-27(21(7)8)30(39)36(13)25(17-19(3)4)34(43)46-29(23(11)12)32(41)38(15)26(20(5)6)35(44)47-28(22(9)10)31(40)37(24)14/h18-29H,16-17H2,1-15H3/t24-,25-,26-,27+,28+,29+/m0/s1. The zero-order valence-electron chi connectivity index (χ0n) is 31.4. The van der Waals surface area contributed by atoms with Crippen molar-refractivity contribution in [1.29, 1.82) is 0 Å². The molecule has 0 aromatic rings. The molecule has 1 heterocycles. The molecule has 0 saturated carbocycles. The van der Waals surface area contributed by atoms with Gasteiger partial charge in [0.15, 0.2) is 18.3 Å². The first-order valence-corrected chi connectivity index (χ1v) is 17.0. The largest absolute Gasteiger partial charge is 0.450 e. The number of cyclic esters (lactones) is 3. The summed E-state index contributed by atoms with van der Waals surface area (Å²) >= 11 is 0. The lowest BCUT2D eigenvalue weighted by atomic mass is 9.97. The van der Waals surface area contributed by atoms with Crippen LogP contribution in [0, 0.1) is 35.5 Å². The zero-order chi connectivity index (χ0) is 36.7. The Morgan fingerprint density at radius 3 is 0.979 bits per heavy atom. The summed E-state index contributed by atoms with van der Waals surface area (Å²) in [6.45, 7) is 21.4. The molecule has 3 amide bonds. The van der Waals surface area contributed by atoms with Crippen molar-refractivity contribution >= 4 is 35.6 Å². The number of rotatable bonds is 8. The lowest BCUT2D eigenvalue weighted by Crippen LogP contribution is -2.57. The third-order valence-corrected chi connectivity index (χ3v) is 8.48. The van der Waals surface area contributed by atoms with Gasteiger partial charge in [0.2, 0.25) is 0 Å². The molecule has 6 atom stereocenters. The van der Waals surface area contributed by atoms with E-state index in [2.05, 4.69) is 0 Å². The molecule has 0 radical (unpaired) electrons. The van der Waals surface area contributed by atoms with Crippen LogP contribution in [-0.4, -0.2) is 108 Å². The van der Waals surface area contributed by atoms with E-state index in [1.54, 1.807) is 55.4 Å². The molecule has 0 aromatic heterocycles. The third-order valence-electron chi connectivity index (χ3n) is 8.48. The normalized spacial score (nSPS) is 26.9. The number of carbonyl (C=O) groups excluding carboxylic acids is 6. The second kappa shape index (κ2) is 17.8. The molecule has 0 N–H and O–H groups in total. The van der Waals surface area contributed by atoms with Gasteiger partial charge in [-0.25, -0.2) is 14.4 Å². The van der Waals surface area contributed by atoms with Gasteiger partial charge in [-0.05, 0) is 48.3 Å². The fourth-order valence-corrected chi connectivity index (χ4v) is 5.66. The van der Waals surface area contributed by atoms with Crippen LogP contribution in [0.5, 0.6) is 0 Å². The highest BCUT2D eigenvalue weighted by Crippen LogP contribution is 2.25. The van der Waals surface area contributed by atoms with E-state index in [0.717, 1.165) is 0 Å². The van der Waals surface area contributed by atoms with Gasteiger partial charge in [0, 0.05) is 21.1 Å². The summed E-state index contributed by atoms with van der Waals surface area (Å²) in [4.78, 5) is 87.0. The van der Waals surface area contributed by atoms with Crippen LogP contribution in [0.3, 0.4) is 0 Å². The van der Waals surface area contributed by atoms with E-state index < -0.39 is 95.7 Å². The molecule has 0 unspecified atom stereocenters. The fraction of sp³-hybridized carbons (Fsp3) is 0.829. The van der Waals surface area contributed by atoms with Crippen molar-refractivity contribution in [2.24, 2.45) is 35.5 Å². The SMILES string of the molecule is CC(C)C[C@H]1C(=O)O[C@H](C(C)C)C(=O)N(C)[C@@H](CC(C)C)C(=O)O[C@H](C(C)C)C(=O)N(C)[C@@H](C(C)C)C(=O)O[C@H](C(C)C)C(=O)N1C. The average Bonchev–Trinajstić information content (AvgIpc) is 2.95. The van der Waals surface area contributed by atoms with E-state index >= 15 is 0 Å². The minimum atomic E-state index is -1.28. The molecule has 270 valence electrons. The van der Waals surface area contributed by atoms with Crippen LogP contribution in [0.2, 0.25) is 0 Å². The fourth-order valence-electron chi connectivity index (χ4n) is 5.66. The Labute approximate surface area is 282 Å². The number of hydrogen-bond acceptors (Lipinski definition) is 9. The highest BCUT2D eigenvalue weighted by Gasteiger charge is 2.44. The number of esters is 3. The van der Waals surface area contributed by atoms with Gasteiger partial charge in [-0.15, -0.1) is 0 Å². The molecule has 1 saturated heterocycles. The predicted molar refractivity (Wildman–Crippen MR) is 178 cm³/mol. The van der Waals surface area contributed by atoms with Gasteiger partial charge in [-0.2, -0.15) is 0 Å². The van der Waals surface area contributed by atoms with E-state index in [0.29, 0.717) is 0 Å². The minimum Gasteiger partial charge on any atom is -0.450 e. The van der Waals surface area contributed by atoms with Gasteiger partial charge in [0.05, 0.1) is 0 Å². The van der Waals surface area contributed by atoms with Crippen molar-refractivity contribution < 1.29 is 43.0 Å². The van der Waals surface area contributed by atoms with Crippen LogP contribution < -0.4 is 0 Å². The first kappa shape index (κ1) is 41.8. The summed E-state index contributed by atoms with van der Waals surface area (Å²) in [5.41, 5.74) is 0. The first-order valence-electron chi connectivity index (χ1n) is 17.0. The summed E-state index contributed by atoms with van der Waals surface area (Å²) in [5, 5.41) is 0. The van der Waals surface area contributed by atoms with Gasteiger partial charge >= 0.3 is 17.9 Å². The monoisotopic (exact) mass is 667 g/mol. The van der Waals surface area contributed by atoms with E-state index in [1.165, 1.54) is 35.8 Å². The molecule has 1 aliphatic heterocycles. The quantitative estimate of drug-likeness (QED) is 0.278. The topological polar surface area (TPSA) is 140 Å². The average molecular weight is 668 g/mol. The van der Waals surface area contributed by atoms with Crippen molar-refractivity contribution in [2.45, 2.75) is 132 Å². The van der Waals surface area contributed by atoms with Gasteiger partial charge < -0.3 is 28.9 Å². The minimum absolute atomic E-state index is 0.0411. The Morgan fingerprint density at radius 2 is 0.723 bits per heavy atom. The maximum atomic E-state index is 14.0. The summed E-state index contributed by atoms with van der Waals surface area (Å²) in [7, 11) is 4.35. The number of hydrogen-bond donors (Lipinski definition) is 0. The van der Waals surface area contributed by atoms with Crippen LogP contribution in [-0.2, 0) is 43.0 Å². The third kappa shape index (κ3) is 10.9. The van der Waals surface area contributed by atoms with E-state index in [9.17, 15) is 28.8 Å². The van der Waals surface area contributed by atoms with Crippen molar-refractivity contribution in [3.05, 3.63) is 0 Å². The number of amides is 3. The van der Waals surface area contributed by atoms with Gasteiger partial charge in [0.1, 0.15) is 18.1 Å². The van der Waals surface area contributed by atoms with Crippen LogP contribution in [0.1, 0.15) is 95.9 Å². The highest BCUT2D eigenvalue weighted by atomic mass is 16.6. The second-order valence-electron chi connectivity index (χ2n) is 15.1.